The number of piperazine rings is 1. The normalized spacial score (nSPS) is 28.0. The summed E-state index contributed by atoms with van der Waals surface area (Å²) >= 11 is 0. The molecule has 0 aromatic carbocycles. The van der Waals surface area contributed by atoms with E-state index in [1.54, 1.807) is 0 Å². The molecular formula is C13H19N3O. The molecule has 2 heterocycles. The molecule has 3 rings (SSSR count). The Bertz CT molecular complexity index is 380. The fraction of sp³-hybridized carbons (Fsp3) is 0.615. The third-order valence-electron chi connectivity index (χ3n) is 3.77. The Hall–Kier alpha value is -1.29. The van der Waals surface area contributed by atoms with Crippen molar-refractivity contribution in [3.05, 3.63) is 23.4 Å². The van der Waals surface area contributed by atoms with Gasteiger partial charge in [0.1, 0.15) is 6.04 Å². The molecule has 0 aromatic heterocycles. The number of carbonyl (C=O) groups is 1. The third-order valence-corrected chi connectivity index (χ3v) is 3.77. The molecule has 0 bridgehead atoms. The molecule has 1 aliphatic carbocycles. The predicted molar refractivity (Wildman–Crippen MR) is 66.4 cm³/mol. The molecule has 0 radical (unpaired) electrons. The van der Waals surface area contributed by atoms with Crippen molar-refractivity contribution in [1.82, 2.24) is 15.5 Å². The molecular weight excluding hydrogens is 214 g/mol. The number of rotatable bonds is 1. The summed E-state index contributed by atoms with van der Waals surface area (Å²) in [5.41, 5.74) is 2.63. The number of amides is 1. The molecule has 2 aliphatic heterocycles. The van der Waals surface area contributed by atoms with Gasteiger partial charge in [0.15, 0.2) is 0 Å². The van der Waals surface area contributed by atoms with Crippen LogP contribution in [0.25, 0.3) is 0 Å². The van der Waals surface area contributed by atoms with Gasteiger partial charge in [-0.2, -0.15) is 0 Å². The number of carbonyl (C=O) groups excluding carboxylic acids is 1. The Balaban J connectivity index is 1.63. The summed E-state index contributed by atoms with van der Waals surface area (Å²) in [5, 5.41) is 6.68. The van der Waals surface area contributed by atoms with Crippen LogP contribution in [0.2, 0.25) is 0 Å². The number of allylic oxidation sites excluding steroid dienone is 3. The summed E-state index contributed by atoms with van der Waals surface area (Å²) in [6.45, 7) is 3.53. The molecule has 3 aliphatic rings. The maximum Gasteiger partial charge on any atom is 0.245 e. The van der Waals surface area contributed by atoms with E-state index in [0.717, 1.165) is 45.4 Å². The second-order valence-corrected chi connectivity index (χ2v) is 4.92. The minimum atomic E-state index is -0.0131. The van der Waals surface area contributed by atoms with Crippen molar-refractivity contribution >= 4 is 5.91 Å². The Kier molecular flexibility index (Phi) is 2.89. The zero-order valence-electron chi connectivity index (χ0n) is 10.0. The zero-order valence-corrected chi connectivity index (χ0v) is 10.0. The summed E-state index contributed by atoms with van der Waals surface area (Å²) in [6.07, 6.45) is 7.42. The van der Waals surface area contributed by atoms with Crippen LogP contribution in [0.15, 0.2) is 23.4 Å². The number of hydrogen-bond donors (Lipinski definition) is 2. The van der Waals surface area contributed by atoms with Crippen LogP contribution in [0.1, 0.15) is 19.3 Å². The minimum absolute atomic E-state index is 0.0131. The van der Waals surface area contributed by atoms with Crippen molar-refractivity contribution in [2.75, 3.05) is 26.2 Å². The van der Waals surface area contributed by atoms with Crippen LogP contribution in [0.4, 0.5) is 0 Å². The number of nitrogens with zero attached hydrogens (tertiary/aromatic N) is 1. The van der Waals surface area contributed by atoms with Crippen LogP contribution >= 0.6 is 0 Å². The first-order valence-electron chi connectivity index (χ1n) is 6.49. The molecule has 1 saturated heterocycles. The zero-order chi connectivity index (χ0) is 11.7. The highest BCUT2D eigenvalue weighted by molar-refractivity contribution is 5.83. The average molecular weight is 233 g/mol. The van der Waals surface area contributed by atoms with E-state index in [9.17, 15) is 4.79 Å². The van der Waals surface area contributed by atoms with Crippen molar-refractivity contribution in [1.29, 1.82) is 0 Å². The Morgan fingerprint density at radius 2 is 2.18 bits per heavy atom. The molecule has 1 unspecified atom stereocenters. The van der Waals surface area contributed by atoms with Gasteiger partial charge in [-0.1, -0.05) is 12.2 Å². The van der Waals surface area contributed by atoms with Gasteiger partial charge < -0.3 is 15.5 Å². The first kappa shape index (κ1) is 10.8. The molecule has 1 fully saturated rings. The predicted octanol–water partition coefficient (Wildman–Crippen LogP) is 0.384. The van der Waals surface area contributed by atoms with Gasteiger partial charge in [0.05, 0.1) is 0 Å². The first-order chi connectivity index (χ1) is 8.34. The lowest BCUT2D eigenvalue weighted by Gasteiger charge is -2.30. The van der Waals surface area contributed by atoms with Crippen LogP contribution < -0.4 is 10.6 Å². The molecule has 0 spiro atoms. The highest BCUT2D eigenvalue weighted by atomic mass is 16.2. The van der Waals surface area contributed by atoms with Crippen molar-refractivity contribution in [3.8, 4) is 0 Å². The maximum atomic E-state index is 12.3. The Morgan fingerprint density at radius 3 is 2.94 bits per heavy atom. The molecule has 0 aromatic rings. The Labute approximate surface area is 102 Å². The van der Waals surface area contributed by atoms with E-state index in [1.165, 1.54) is 11.3 Å². The largest absolute Gasteiger partial charge is 0.377 e. The number of hydrogen-bond acceptors (Lipinski definition) is 3. The van der Waals surface area contributed by atoms with Gasteiger partial charge >= 0.3 is 0 Å². The number of nitrogens with one attached hydrogen (secondary N) is 2. The van der Waals surface area contributed by atoms with E-state index in [0.29, 0.717) is 0 Å². The van der Waals surface area contributed by atoms with Gasteiger partial charge in [-0.3, -0.25) is 4.79 Å². The Morgan fingerprint density at radius 1 is 1.35 bits per heavy atom. The standard InChI is InChI=1S/C13H19N3O/c17-13(16-7-5-14-6-8-16)12-9-10-3-1-2-4-11(10)15-12/h1,3,12,14-15H,2,4-9H2. The fourth-order valence-electron chi connectivity index (χ4n) is 2.81. The van der Waals surface area contributed by atoms with E-state index in [1.807, 2.05) is 4.90 Å². The second kappa shape index (κ2) is 4.53. The average Bonchev–Trinajstić information content (AvgIpc) is 2.82. The monoisotopic (exact) mass is 233 g/mol. The lowest BCUT2D eigenvalue weighted by molar-refractivity contribution is -0.133. The summed E-state index contributed by atoms with van der Waals surface area (Å²) in [7, 11) is 0. The molecule has 1 amide bonds. The van der Waals surface area contributed by atoms with E-state index in [2.05, 4.69) is 22.8 Å². The molecule has 4 nitrogen and oxygen atoms in total. The van der Waals surface area contributed by atoms with Gasteiger partial charge in [-0.15, -0.1) is 0 Å². The van der Waals surface area contributed by atoms with Crippen molar-refractivity contribution in [3.63, 3.8) is 0 Å². The van der Waals surface area contributed by atoms with E-state index >= 15 is 0 Å². The lowest BCUT2D eigenvalue weighted by atomic mass is 10.0. The summed E-state index contributed by atoms with van der Waals surface area (Å²) in [5.74, 6) is 0.273. The van der Waals surface area contributed by atoms with E-state index in [-0.39, 0.29) is 11.9 Å². The van der Waals surface area contributed by atoms with E-state index in [4.69, 9.17) is 0 Å². The van der Waals surface area contributed by atoms with Crippen LogP contribution in [-0.4, -0.2) is 43.0 Å². The highest BCUT2D eigenvalue weighted by Crippen LogP contribution is 2.27. The fourth-order valence-corrected chi connectivity index (χ4v) is 2.81. The van der Waals surface area contributed by atoms with Crippen LogP contribution in [-0.2, 0) is 4.79 Å². The summed E-state index contributed by atoms with van der Waals surface area (Å²) in [4.78, 5) is 14.3. The van der Waals surface area contributed by atoms with Gasteiger partial charge in [0.25, 0.3) is 0 Å². The van der Waals surface area contributed by atoms with Gasteiger partial charge in [0.2, 0.25) is 5.91 Å². The SMILES string of the molecule is O=C(C1CC2=C(CCC=C2)N1)N1CCNCC1. The van der Waals surface area contributed by atoms with Crippen LogP contribution in [0.5, 0.6) is 0 Å². The summed E-state index contributed by atoms with van der Waals surface area (Å²) in [6, 6.07) is -0.0131. The van der Waals surface area contributed by atoms with Crippen LogP contribution in [0.3, 0.4) is 0 Å². The maximum absolute atomic E-state index is 12.3. The molecule has 92 valence electrons. The van der Waals surface area contributed by atoms with Crippen molar-refractivity contribution < 1.29 is 4.79 Å². The molecule has 1 atom stereocenters. The van der Waals surface area contributed by atoms with Crippen molar-refractivity contribution in [2.24, 2.45) is 0 Å². The molecule has 4 heteroatoms. The quantitative estimate of drug-likeness (QED) is 0.688. The minimum Gasteiger partial charge on any atom is -0.377 e. The van der Waals surface area contributed by atoms with Gasteiger partial charge in [0, 0.05) is 38.3 Å². The lowest BCUT2D eigenvalue weighted by Crippen LogP contribution is -2.51. The first-order valence-corrected chi connectivity index (χ1v) is 6.49. The molecule has 0 saturated carbocycles. The molecule has 17 heavy (non-hydrogen) atoms. The smallest absolute Gasteiger partial charge is 0.245 e. The highest BCUT2D eigenvalue weighted by Gasteiger charge is 2.31. The topological polar surface area (TPSA) is 44.4 Å². The summed E-state index contributed by atoms with van der Waals surface area (Å²) < 4.78 is 0. The van der Waals surface area contributed by atoms with Gasteiger partial charge in [-0.05, 0) is 18.4 Å². The van der Waals surface area contributed by atoms with Gasteiger partial charge in [-0.25, -0.2) is 0 Å². The third kappa shape index (κ3) is 2.09. The van der Waals surface area contributed by atoms with E-state index < -0.39 is 0 Å². The second-order valence-electron chi connectivity index (χ2n) is 4.92. The van der Waals surface area contributed by atoms with Crippen molar-refractivity contribution in [2.45, 2.75) is 25.3 Å². The van der Waals surface area contributed by atoms with Crippen LogP contribution in [0, 0.1) is 0 Å². The molecule has 2 N–H and O–H groups in total.